The van der Waals surface area contributed by atoms with Gasteiger partial charge < -0.3 is 14.4 Å². The smallest absolute Gasteiger partial charge is 0.329 e. The first-order chi connectivity index (χ1) is 18.2. The van der Waals surface area contributed by atoms with E-state index in [0.717, 1.165) is 17.7 Å². The van der Waals surface area contributed by atoms with Gasteiger partial charge in [-0.3, -0.25) is 9.13 Å². The molecule has 1 fully saturated rings. The summed E-state index contributed by atoms with van der Waals surface area (Å²) in [6.07, 6.45) is 0.297. The van der Waals surface area contributed by atoms with E-state index in [9.17, 15) is 13.6 Å². The number of imidazole rings is 1. The average molecular weight is 526 g/mol. The van der Waals surface area contributed by atoms with Gasteiger partial charge in [-0.15, -0.1) is 0 Å². The normalized spacial score (nSPS) is 15.6. The monoisotopic (exact) mass is 525 g/mol. The molecule has 0 saturated carbocycles. The third kappa shape index (κ3) is 4.50. The minimum Gasteiger partial charge on any atom is -0.494 e. The Balaban J connectivity index is 1.62. The minimum absolute atomic E-state index is 0.0438. The molecule has 0 spiro atoms. The SMILES string of the molecule is COc1cccc2c1n(Cc1c(F)cc(F)cc1OC(C)C)c(=O)n2C1CCN(c2c(C)cccc2F)C1. The van der Waals surface area contributed by atoms with Crippen LogP contribution in [0.25, 0.3) is 11.0 Å². The Labute approximate surface area is 218 Å². The van der Waals surface area contributed by atoms with Crippen LogP contribution in [0.2, 0.25) is 0 Å². The lowest BCUT2D eigenvalue weighted by Gasteiger charge is -2.21. The summed E-state index contributed by atoms with van der Waals surface area (Å²) in [4.78, 5) is 15.9. The summed E-state index contributed by atoms with van der Waals surface area (Å²) < 4.78 is 58.2. The number of fused-ring (bicyclic) bond motifs is 1. The van der Waals surface area contributed by atoms with E-state index < -0.39 is 11.6 Å². The molecule has 3 aromatic carbocycles. The van der Waals surface area contributed by atoms with Crippen LogP contribution in [-0.4, -0.2) is 35.4 Å². The zero-order chi connectivity index (χ0) is 27.1. The summed E-state index contributed by atoms with van der Waals surface area (Å²) in [6, 6.07) is 12.0. The molecule has 0 N–H and O–H groups in total. The van der Waals surface area contributed by atoms with Crippen LogP contribution in [0.3, 0.4) is 0 Å². The molecule has 1 saturated heterocycles. The molecule has 1 aliphatic heterocycles. The van der Waals surface area contributed by atoms with Crippen molar-refractivity contribution in [2.75, 3.05) is 25.1 Å². The number of para-hydroxylation sites is 2. The minimum atomic E-state index is -0.801. The molecular weight excluding hydrogens is 495 g/mol. The number of rotatable bonds is 7. The van der Waals surface area contributed by atoms with E-state index >= 15 is 4.39 Å². The van der Waals surface area contributed by atoms with Gasteiger partial charge in [0.15, 0.2) is 0 Å². The molecule has 9 heteroatoms. The standard InChI is InChI=1S/C29H30F3N3O3/c1-17(2)38-26-14-19(30)13-23(32)21(26)16-34-28-24(9-6-10-25(28)37-4)35(29(34)36)20-11-12-33(15-20)27-18(3)7-5-8-22(27)31/h5-10,13-14,17,20H,11-12,15-16H2,1-4H3. The predicted molar refractivity (Wildman–Crippen MR) is 141 cm³/mol. The van der Waals surface area contributed by atoms with Gasteiger partial charge in [0.2, 0.25) is 0 Å². The van der Waals surface area contributed by atoms with E-state index in [1.807, 2.05) is 24.0 Å². The van der Waals surface area contributed by atoms with Crippen molar-refractivity contribution in [2.24, 2.45) is 0 Å². The lowest BCUT2D eigenvalue weighted by Crippen LogP contribution is -2.30. The number of benzene rings is 3. The van der Waals surface area contributed by atoms with E-state index in [4.69, 9.17) is 9.47 Å². The summed E-state index contributed by atoms with van der Waals surface area (Å²) >= 11 is 0. The van der Waals surface area contributed by atoms with Gasteiger partial charge in [-0.05, 0) is 51.0 Å². The highest BCUT2D eigenvalue weighted by Crippen LogP contribution is 2.35. The fraction of sp³-hybridized carbons (Fsp3) is 0.345. The van der Waals surface area contributed by atoms with Gasteiger partial charge >= 0.3 is 5.69 Å². The van der Waals surface area contributed by atoms with E-state index in [-0.39, 0.29) is 41.5 Å². The first kappa shape index (κ1) is 25.8. The Hall–Kier alpha value is -3.88. The molecule has 6 nitrogen and oxygen atoms in total. The molecule has 0 aliphatic carbocycles. The summed E-state index contributed by atoms with van der Waals surface area (Å²) in [5.74, 6) is -1.37. The summed E-state index contributed by atoms with van der Waals surface area (Å²) in [5.41, 5.74) is 2.20. The van der Waals surface area contributed by atoms with Gasteiger partial charge in [-0.2, -0.15) is 0 Å². The zero-order valence-corrected chi connectivity index (χ0v) is 21.8. The fourth-order valence-electron chi connectivity index (χ4n) is 5.40. The van der Waals surface area contributed by atoms with Gasteiger partial charge in [0.25, 0.3) is 0 Å². The van der Waals surface area contributed by atoms with Crippen LogP contribution in [0, 0.1) is 24.4 Å². The number of halogens is 3. The Morgan fingerprint density at radius 1 is 1.03 bits per heavy atom. The zero-order valence-electron chi connectivity index (χ0n) is 21.8. The lowest BCUT2D eigenvalue weighted by molar-refractivity contribution is 0.237. The van der Waals surface area contributed by atoms with Crippen LogP contribution in [0.15, 0.2) is 53.3 Å². The molecule has 1 unspecified atom stereocenters. The van der Waals surface area contributed by atoms with Crippen molar-refractivity contribution >= 4 is 16.7 Å². The molecule has 200 valence electrons. The highest BCUT2D eigenvalue weighted by Gasteiger charge is 2.31. The Morgan fingerprint density at radius 3 is 2.50 bits per heavy atom. The molecule has 1 atom stereocenters. The molecule has 0 radical (unpaired) electrons. The third-order valence-corrected chi connectivity index (χ3v) is 7.00. The van der Waals surface area contributed by atoms with Gasteiger partial charge in [-0.1, -0.05) is 18.2 Å². The van der Waals surface area contributed by atoms with Gasteiger partial charge in [0.05, 0.1) is 37.0 Å². The van der Waals surface area contributed by atoms with Crippen LogP contribution >= 0.6 is 0 Å². The van der Waals surface area contributed by atoms with Crippen molar-refractivity contribution in [2.45, 2.75) is 45.9 Å². The Bertz CT molecular complexity index is 1540. The second-order valence-electron chi connectivity index (χ2n) is 9.89. The number of nitrogens with zero attached hydrogens (tertiary/aromatic N) is 3. The van der Waals surface area contributed by atoms with Crippen molar-refractivity contribution in [3.63, 3.8) is 0 Å². The molecule has 0 bridgehead atoms. The van der Waals surface area contributed by atoms with Crippen molar-refractivity contribution in [1.29, 1.82) is 0 Å². The number of hydrogen-bond donors (Lipinski definition) is 0. The Morgan fingerprint density at radius 2 is 1.79 bits per heavy atom. The number of aryl methyl sites for hydroxylation is 1. The van der Waals surface area contributed by atoms with E-state index in [1.165, 1.54) is 17.7 Å². The molecule has 0 amide bonds. The maximum Gasteiger partial charge on any atom is 0.329 e. The second kappa shape index (κ2) is 10.1. The summed E-state index contributed by atoms with van der Waals surface area (Å²) in [5, 5.41) is 0. The average Bonchev–Trinajstić information content (AvgIpc) is 3.42. The fourth-order valence-corrected chi connectivity index (χ4v) is 5.40. The number of hydrogen-bond acceptors (Lipinski definition) is 4. The molecule has 2 heterocycles. The van der Waals surface area contributed by atoms with Crippen LogP contribution in [0.4, 0.5) is 18.9 Å². The quantitative estimate of drug-likeness (QED) is 0.305. The highest BCUT2D eigenvalue weighted by atomic mass is 19.1. The molecule has 4 aromatic rings. The number of aromatic nitrogens is 2. The Kier molecular flexibility index (Phi) is 6.86. The van der Waals surface area contributed by atoms with E-state index in [0.29, 0.717) is 42.0 Å². The van der Waals surface area contributed by atoms with E-state index in [2.05, 4.69) is 0 Å². The van der Waals surface area contributed by atoms with Crippen molar-refractivity contribution < 1.29 is 22.6 Å². The lowest BCUT2D eigenvalue weighted by atomic mass is 10.1. The van der Waals surface area contributed by atoms with Crippen molar-refractivity contribution in [1.82, 2.24) is 9.13 Å². The van der Waals surface area contributed by atoms with Crippen LogP contribution in [-0.2, 0) is 6.54 Å². The van der Waals surface area contributed by atoms with Crippen LogP contribution in [0.1, 0.15) is 37.4 Å². The van der Waals surface area contributed by atoms with Crippen LogP contribution < -0.4 is 20.1 Å². The summed E-state index contributed by atoms with van der Waals surface area (Å²) in [7, 11) is 1.50. The molecule has 1 aliphatic rings. The molecule has 5 rings (SSSR count). The first-order valence-electron chi connectivity index (χ1n) is 12.6. The maximum absolute atomic E-state index is 15.1. The molecular formula is C29H30F3N3O3. The van der Waals surface area contributed by atoms with Crippen molar-refractivity contribution in [3.05, 3.63) is 87.6 Å². The topological polar surface area (TPSA) is 48.6 Å². The number of methoxy groups -OCH3 is 1. The molecule has 38 heavy (non-hydrogen) atoms. The predicted octanol–water partition coefficient (Wildman–Crippen LogP) is 5.82. The first-order valence-corrected chi connectivity index (χ1v) is 12.6. The van der Waals surface area contributed by atoms with Crippen molar-refractivity contribution in [3.8, 4) is 11.5 Å². The largest absolute Gasteiger partial charge is 0.494 e. The number of ether oxygens (including phenoxy) is 2. The maximum atomic E-state index is 15.1. The van der Waals surface area contributed by atoms with E-state index in [1.54, 1.807) is 36.6 Å². The third-order valence-electron chi connectivity index (χ3n) is 7.00. The second-order valence-corrected chi connectivity index (χ2v) is 9.89. The van der Waals surface area contributed by atoms with Crippen LogP contribution in [0.5, 0.6) is 11.5 Å². The number of anilines is 1. The summed E-state index contributed by atoms with van der Waals surface area (Å²) in [6.45, 7) is 6.22. The highest BCUT2D eigenvalue weighted by molar-refractivity contribution is 5.83. The van der Waals surface area contributed by atoms with Gasteiger partial charge in [0.1, 0.15) is 34.5 Å². The van der Waals surface area contributed by atoms with Gasteiger partial charge in [-0.25, -0.2) is 18.0 Å². The molecule has 1 aromatic heterocycles. The van der Waals surface area contributed by atoms with Gasteiger partial charge in [0, 0.05) is 30.8 Å².